The van der Waals surface area contributed by atoms with Crippen LogP contribution in [0, 0.1) is 10.1 Å². The smallest absolute Gasteiger partial charge is 0.269 e. The summed E-state index contributed by atoms with van der Waals surface area (Å²) in [6.45, 7) is 0. The third-order valence-electron chi connectivity index (χ3n) is 3.66. The number of rotatable bonds is 4. The third-order valence-corrected chi connectivity index (χ3v) is 4.61. The highest BCUT2D eigenvalue weighted by Gasteiger charge is 2.15. The molecule has 0 aliphatic heterocycles. The predicted octanol–water partition coefficient (Wildman–Crippen LogP) is 3.44. The van der Waals surface area contributed by atoms with E-state index in [9.17, 15) is 10.1 Å². The Morgan fingerprint density at radius 3 is 2.36 bits per heavy atom. The zero-order chi connectivity index (χ0) is 17.4. The van der Waals surface area contributed by atoms with Gasteiger partial charge >= 0.3 is 0 Å². The highest BCUT2D eigenvalue weighted by molar-refractivity contribution is 7.19. The molecule has 2 aromatic carbocycles. The van der Waals surface area contributed by atoms with Crippen LogP contribution in [0.1, 0.15) is 0 Å². The molecule has 0 saturated carbocycles. The summed E-state index contributed by atoms with van der Waals surface area (Å²) in [5.41, 5.74) is 1.71. The Morgan fingerprint density at radius 1 is 1.04 bits per heavy atom. The molecule has 0 radical (unpaired) electrons. The molecule has 0 N–H and O–H groups in total. The van der Waals surface area contributed by atoms with Gasteiger partial charge in [-0.25, -0.2) is 0 Å². The molecule has 9 heteroatoms. The number of non-ortho nitro benzene ring substituents is 1. The topological polar surface area (TPSA) is 95.5 Å². The van der Waals surface area contributed by atoms with E-state index >= 15 is 0 Å². The number of fused-ring (bicyclic) bond motifs is 1. The Balaban J connectivity index is 1.73. The predicted molar refractivity (Wildman–Crippen MR) is 92.7 cm³/mol. The number of nitro benzene ring substituents is 1. The van der Waals surface area contributed by atoms with E-state index in [1.165, 1.54) is 23.5 Å². The van der Waals surface area contributed by atoms with E-state index in [0.29, 0.717) is 10.8 Å². The number of benzene rings is 2. The molecule has 0 spiro atoms. The number of nitrogens with zero attached hydrogens (tertiary/aromatic N) is 5. The van der Waals surface area contributed by atoms with E-state index in [2.05, 4.69) is 15.3 Å². The van der Waals surface area contributed by atoms with E-state index in [0.717, 1.165) is 21.9 Å². The van der Waals surface area contributed by atoms with Crippen molar-refractivity contribution in [2.75, 3.05) is 7.11 Å². The molecule has 0 aliphatic carbocycles. The van der Waals surface area contributed by atoms with Gasteiger partial charge in [-0.15, -0.1) is 10.2 Å². The Bertz CT molecular complexity index is 1050. The van der Waals surface area contributed by atoms with Gasteiger partial charge in [-0.2, -0.15) is 9.61 Å². The number of nitro groups is 1. The van der Waals surface area contributed by atoms with Gasteiger partial charge in [0, 0.05) is 23.3 Å². The van der Waals surface area contributed by atoms with Gasteiger partial charge in [0.15, 0.2) is 5.82 Å². The second kappa shape index (κ2) is 5.95. The minimum Gasteiger partial charge on any atom is -0.497 e. The summed E-state index contributed by atoms with van der Waals surface area (Å²) in [5, 5.41) is 24.4. The first kappa shape index (κ1) is 15.2. The SMILES string of the molecule is COc1ccc(-c2nnc3sc(-c4ccc([N+](=O)[O-])cc4)nn23)cc1. The second-order valence-electron chi connectivity index (χ2n) is 5.16. The average Bonchev–Trinajstić information content (AvgIpc) is 3.22. The van der Waals surface area contributed by atoms with Crippen molar-refractivity contribution in [1.29, 1.82) is 0 Å². The summed E-state index contributed by atoms with van der Waals surface area (Å²) < 4.78 is 6.83. The summed E-state index contributed by atoms with van der Waals surface area (Å²) in [5.74, 6) is 1.39. The zero-order valence-electron chi connectivity index (χ0n) is 13.0. The number of ether oxygens (including phenoxy) is 1. The van der Waals surface area contributed by atoms with Gasteiger partial charge in [0.25, 0.3) is 5.69 Å². The fourth-order valence-electron chi connectivity index (χ4n) is 2.38. The number of aromatic nitrogens is 4. The molecule has 4 aromatic rings. The van der Waals surface area contributed by atoms with Crippen molar-refractivity contribution < 1.29 is 9.66 Å². The number of hydrogen-bond acceptors (Lipinski definition) is 7. The molecular weight excluding hydrogens is 342 g/mol. The molecule has 0 atom stereocenters. The Hall–Kier alpha value is -3.33. The van der Waals surface area contributed by atoms with Gasteiger partial charge in [0.05, 0.1) is 12.0 Å². The Morgan fingerprint density at radius 2 is 1.72 bits per heavy atom. The third kappa shape index (κ3) is 2.70. The van der Waals surface area contributed by atoms with Crippen molar-refractivity contribution >= 4 is 22.0 Å². The highest BCUT2D eigenvalue weighted by Crippen LogP contribution is 2.29. The van der Waals surface area contributed by atoms with Crippen LogP contribution in [-0.2, 0) is 0 Å². The number of methoxy groups -OCH3 is 1. The van der Waals surface area contributed by atoms with Crippen LogP contribution in [0.3, 0.4) is 0 Å². The lowest BCUT2D eigenvalue weighted by Gasteiger charge is -2.00. The van der Waals surface area contributed by atoms with Gasteiger partial charge in [0.1, 0.15) is 10.8 Å². The van der Waals surface area contributed by atoms with E-state index < -0.39 is 4.92 Å². The molecule has 0 fully saturated rings. The minimum atomic E-state index is -0.426. The van der Waals surface area contributed by atoms with Crippen LogP contribution >= 0.6 is 11.3 Å². The van der Waals surface area contributed by atoms with Crippen molar-refractivity contribution in [3.8, 4) is 27.7 Å². The first-order chi connectivity index (χ1) is 12.2. The second-order valence-corrected chi connectivity index (χ2v) is 6.11. The summed E-state index contributed by atoms with van der Waals surface area (Å²) in [4.78, 5) is 11.0. The maximum Gasteiger partial charge on any atom is 0.269 e. The van der Waals surface area contributed by atoms with E-state index in [1.807, 2.05) is 24.3 Å². The van der Waals surface area contributed by atoms with Crippen molar-refractivity contribution in [1.82, 2.24) is 19.8 Å². The van der Waals surface area contributed by atoms with Gasteiger partial charge in [-0.05, 0) is 36.4 Å². The molecule has 25 heavy (non-hydrogen) atoms. The van der Waals surface area contributed by atoms with Gasteiger partial charge in [-0.3, -0.25) is 10.1 Å². The largest absolute Gasteiger partial charge is 0.497 e. The van der Waals surface area contributed by atoms with Gasteiger partial charge < -0.3 is 4.74 Å². The minimum absolute atomic E-state index is 0.0469. The molecule has 2 heterocycles. The Kier molecular flexibility index (Phi) is 3.62. The molecule has 0 unspecified atom stereocenters. The van der Waals surface area contributed by atoms with Crippen LogP contribution in [0.2, 0.25) is 0 Å². The molecule has 8 nitrogen and oxygen atoms in total. The van der Waals surface area contributed by atoms with Crippen LogP contribution < -0.4 is 4.74 Å². The molecule has 124 valence electrons. The molecule has 0 bridgehead atoms. The van der Waals surface area contributed by atoms with Crippen molar-refractivity contribution in [2.45, 2.75) is 0 Å². The van der Waals surface area contributed by atoms with Crippen LogP contribution in [0.5, 0.6) is 5.75 Å². The summed E-state index contributed by atoms with van der Waals surface area (Å²) in [7, 11) is 1.61. The van der Waals surface area contributed by atoms with E-state index in [1.54, 1.807) is 23.8 Å². The lowest BCUT2D eigenvalue weighted by Crippen LogP contribution is -1.92. The van der Waals surface area contributed by atoms with Gasteiger partial charge in [0.2, 0.25) is 4.96 Å². The molecule has 0 amide bonds. The highest BCUT2D eigenvalue weighted by atomic mass is 32.1. The van der Waals surface area contributed by atoms with Crippen molar-refractivity contribution in [3.63, 3.8) is 0 Å². The average molecular weight is 353 g/mol. The fourth-order valence-corrected chi connectivity index (χ4v) is 3.22. The van der Waals surface area contributed by atoms with Crippen LogP contribution in [-0.4, -0.2) is 31.8 Å². The quantitative estimate of drug-likeness (QED) is 0.412. The first-order valence-electron chi connectivity index (χ1n) is 7.27. The van der Waals surface area contributed by atoms with Crippen LogP contribution in [0.4, 0.5) is 5.69 Å². The van der Waals surface area contributed by atoms with E-state index in [4.69, 9.17) is 4.74 Å². The van der Waals surface area contributed by atoms with Crippen LogP contribution in [0.15, 0.2) is 48.5 Å². The molecule has 4 rings (SSSR count). The summed E-state index contributed by atoms with van der Waals surface area (Å²) in [6.07, 6.45) is 0. The molecule has 0 saturated heterocycles. The lowest BCUT2D eigenvalue weighted by atomic mass is 10.2. The van der Waals surface area contributed by atoms with Crippen molar-refractivity contribution in [2.24, 2.45) is 0 Å². The standard InChI is InChI=1S/C16H11N5O3S/c1-24-13-8-4-10(5-9-13)14-17-18-16-20(14)19-15(25-16)11-2-6-12(7-3-11)21(22)23/h2-9H,1H3. The number of hydrogen-bond donors (Lipinski definition) is 0. The maximum atomic E-state index is 10.8. The Labute approximate surface area is 145 Å². The lowest BCUT2D eigenvalue weighted by molar-refractivity contribution is -0.384. The summed E-state index contributed by atoms with van der Waals surface area (Å²) >= 11 is 1.37. The summed E-state index contributed by atoms with van der Waals surface area (Å²) in [6, 6.07) is 13.7. The fraction of sp³-hybridized carbons (Fsp3) is 0.0625. The molecular formula is C16H11N5O3S. The normalized spacial score (nSPS) is 10.9. The van der Waals surface area contributed by atoms with Gasteiger partial charge in [-0.1, -0.05) is 11.3 Å². The molecule has 2 aromatic heterocycles. The monoisotopic (exact) mass is 353 g/mol. The zero-order valence-corrected chi connectivity index (χ0v) is 13.8. The molecule has 0 aliphatic rings. The van der Waals surface area contributed by atoms with Crippen molar-refractivity contribution in [3.05, 3.63) is 58.6 Å². The first-order valence-corrected chi connectivity index (χ1v) is 8.09. The van der Waals surface area contributed by atoms with Crippen LogP contribution in [0.25, 0.3) is 26.9 Å². The maximum absolute atomic E-state index is 10.8. The van der Waals surface area contributed by atoms with E-state index in [-0.39, 0.29) is 5.69 Å².